The highest BCUT2D eigenvalue weighted by molar-refractivity contribution is 9.10. The first kappa shape index (κ1) is 15.1. The number of nitrogens with two attached hydrogens (primary N) is 1. The van der Waals surface area contributed by atoms with Crippen LogP contribution in [0.5, 0.6) is 0 Å². The lowest BCUT2D eigenvalue weighted by molar-refractivity contribution is -0.115. The van der Waals surface area contributed by atoms with Crippen LogP contribution in [0.3, 0.4) is 0 Å². The molecule has 1 amide bonds. The van der Waals surface area contributed by atoms with Gasteiger partial charge >= 0.3 is 0 Å². The minimum absolute atomic E-state index is 0.0166. The van der Waals surface area contributed by atoms with Gasteiger partial charge in [-0.1, -0.05) is 28.9 Å². The number of anilines is 1. The summed E-state index contributed by atoms with van der Waals surface area (Å²) in [6.45, 7) is 3.51. The van der Waals surface area contributed by atoms with E-state index in [1.807, 2.05) is 6.92 Å². The zero-order valence-electron chi connectivity index (χ0n) is 10.1. The normalized spacial score (nSPS) is 13.1. The van der Waals surface area contributed by atoms with E-state index in [4.69, 9.17) is 5.14 Å². The summed E-state index contributed by atoms with van der Waals surface area (Å²) >= 11 is 3.22. The van der Waals surface area contributed by atoms with E-state index >= 15 is 0 Å². The SMILES string of the molecule is CCC(Br)C(=O)Nc1ccc(C)c(S(N)(=O)=O)c1. The number of primary sulfonamides is 1. The smallest absolute Gasteiger partial charge is 0.238 e. The molecule has 1 aromatic carbocycles. The van der Waals surface area contributed by atoms with Crippen molar-refractivity contribution in [2.45, 2.75) is 30.0 Å². The first-order chi connectivity index (χ1) is 8.25. The van der Waals surface area contributed by atoms with E-state index < -0.39 is 10.0 Å². The first-order valence-corrected chi connectivity index (χ1v) is 7.80. The monoisotopic (exact) mass is 334 g/mol. The minimum atomic E-state index is -3.78. The second-order valence-corrected chi connectivity index (χ2v) is 6.53. The topological polar surface area (TPSA) is 89.3 Å². The van der Waals surface area contributed by atoms with Gasteiger partial charge in [0.2, 0.25) is 15.9 Å². The van der Waals surface area contributed by atoms with Gasteiger partial charge in [0.15, 0.2) is 0 Å². The summed E-state index contributed by atoms with van der Waals surface area (Å²) < 4.78 is 22.7. The molecule has 0 radical (unpaired) electrons. The van der Waals surface area contributed by atoms with Crippen LogP contribution in [0.4, 0.5) is 5.69 Å². The van der Waals surface area contributed by atoms with E-state index in [-0.39, 0.29) is 15.6 Å². The van der Waals surface area contributed by atoms with E-state index in [2.05, 4.69) is 21.2 Å². The van der Waals surface area contributed by atoms with Crippen LogP contribution in [-0.4, -0.2) is 19.2 Å². The fraction of sp³-hybridized carbons (Fsp3) is 0.364. The maximum absolute atomic E-state index is 11.7. The number of amides is 1. The molecule has 0 aliphatic carbocycles. The van der Waals surface area contributed by atoms with Crippen molar-refractivity contribution in [1.82, 2.24) is 0 Å². The molecule has 5 nitrogen and oxygen atoms in total. The Morgan fingerprint density at radius 1 is 1.50 bits per heavy atom. The molecular weight excluding hydrogens is 320 g/mol. The number of rotatable bonds is 4. The molecule has 0 aliphatic heterocycles. The van der Waals surface area contributed by atoms with Gasteiger partial charge in [-0.2, -0.15) is 0 Å². The summed E-state index contributed by atoms with van der Waals surface area (Å²) in [5.74, 6) is -0.221. The van der Waals surface area contributed by atoms with Gasteiger partial charge in [-0.3, -0.25) is 4.79 Å². The van der Waals surface area contributed by atoms with Gasteiger partial charge in [0.25, 0.3) is 0 Å². The van der Waals surface area contributed by atoms with Crippen molar-refractivity contribution in [2.24, 2.45) is 5.14 Å². The van der Waals surface area contributed by atoms with Crippen LogP contribution in [-0.2, 0) is 14.8 Å². The standard InChI is InChI=1S/C11H15BrN2O3S/c1-3-9(12)11(15)14-8-5-4-7(2)10(6-8)18(13,16)17/h4-6,9H,3H2,1-2H3,(H,14,15)(H2,13,16,17). The Morgan fingerprint density at radius 3 is 2.61 bits per heavy atom. The van der Waals surface area contributed by atoms with Crippen LogP contribution in [0.15, 0.2) is 23.1 Å². The van der Waals surface area contributed by atoms with E-state index in [1.54, 1.807) is 19.1 Å². The lowest BCUT2D eigenvalue weighted by atomic mass is 10.2. The molecule has 18 heavy (non-hydrogen) atoms. The number of carbonyl (C=O) groups is 1. The molecule has 0 aliphatic rings. The lowest BCUT2D eigenvalue weighted by Crippen LogP contribution is -2.22. The van der Waals surface area contributed by atoms with Crippen molar-refractivity contribution in [3.8, 4) is 0 Å². The third-order valence-electron chi connectivity index (χ3n) is 2.41. The number of benzene rings is 1. The lowest BCUT2D eigenvalue weighted by Gasteiger charge is -2.11. The fourth-order valence-electron chi connectivity index (χ4n) is 1.39. The molecule has 1 rings (SSSR count). The number of hydrogen-bond acceptors (Lipinski definition) is 3. The zero-order chi connectivity index (χ0) is 13.9. The van der Waals surface area contributed by atoms with Gasteiger partial charge in [-0.05, 0) is 31.0 Å². The number of nitrogens with one attached hydrogen (secondary N) is 1. The summed E-state index contributed by atoms with van der Waals surface area (Å²) in [5, 5.41) is 7.72. The van der Waals surface area contributed by atoms with Crippen LogP contribution >= 0.6 is 15.9 Å². The van der Waals surface area contributed by atoms with Crippen LogP contribution < -0.4 is 10.5 Å². The van der Waals surface area contributed by atoms with Crippen LogP contribution in [0.25, 0.3) is 0 Å². The molecule has 1 unspecified atom stereocenters. The summed E-state index contributed by atoms with van der Waals surface area (Å²) in [5.41, 5.74) is 0.953. The predicted molar refractivity (Wildman–Crippen MR) is 74.2 cm³/mol. The Morgan fingerprint density at radius 2 is 2.11 bits per heavy atom. The number of alkyl halides is 1. The van der Waals surface area contributed by atoms with Crippen molar-refractivity contribution in [2.75, 3.05) is 5.32 Å². The third-order valence-corrected chi connectivity index (χ3v) is 4.52. The maximum atomic E-state index is 11.7. The molecule has 0 fully saturated rings. The van der Waals surface area contributed by atoms with Crippen molar-refractivity contribution in [3.63, 3.8) is 0 Å². The third kappa shape index (κ3) is 3.79. The Kier molecular flexibility index (Phi) is 4.89. The average molecular weight is 335 g/mol. The van der Waals surface area contributed by atoms with Crippen molar-refractivity contribution in [1.29, 1.82) is 0 Å². The number of halogens is 1. The van der Waals surface area contributed by atoms with Crippen molar-refractivity contribution < 1.29 is 13.2 Å². The fourth-order valence-corrected chi connectivity index (χ4v) is 2.31. The molecule has 0 aromatic heterocycles. The quantitative estimate of drug-likeness (QED) is 0.822. The molecule has 0 heterocycles. The van der Waals surface area contributed by atoms with Crippen LogP contribution in [0.1, 0.15) is 18.9 Å². The number of aryl methyl sites for hydroxylation is 1. The molecule has 1 aromatic rings. The number of carbonyl (C=O) groups excluding carboxylic acids is 1. The summed E-state index contributed by atoms with van der Waals surface area (Å²) in [4.78, 5) is 11.4. The number of hydrogen-bond donors (Lipinski definition) is 2. The second-order valence-electron chi connectivity index (χ2n) is 3.89. The number of sulfonamides is 1. The predicted octanol–water partition coefficient (Wildman–Crippen LogP) is 1.75. The van der Waals surface area contributed by atoms with Gasteiger partial charge in [0.1, 0.15) is 0 Å². The van der Waals surface area contributed by atoms with E-state index in [9.17, 15) is 13.2 Å². The molecule has 0 saturated carbocycles. The van der Waals surface area contributed by atoms with Gasteiger partial charge < -0.3 is 5.32 Å². The molecule has 0 saturated heterocycles. The van der Waals surface area contributed by atoms with Gasteiger partial charge in [-0.25, -0.2) is 13.6 Å². The van der Waals surface area contributed by atoms with Crippen molar-refractivity contribution in [3.05, 3.63) is 23.8 Å². The second kappa shape index (κ2) is 5.81. The van der Waals surface area contributed by atoms with Crippen LogP contribution in [0.2, 0.25) is 0 Å². The molecular formula is C11H15BrN2O3S. The molecule has 3 N–H and O–H groups in total. The molecule has 7 heteroatoms. The molecule has 0 spiro atoms. The van der Waals surface area contributed by atoms with Gasteiger partial charge in [-0.15, -0.1) is 0 Å². The summed E-state index contributed by atoms with van der Waals surface area (Å²) in [6, 6.07) is 4.60. The Labute approximate surface area is 115 Å². The molecule has 0 bridgehead atoms. The minimum Gasteiger partial charge on any atom is -0.325 e. The summed E-state index contributed by atoms with van der Waals surface area (Å²) in [7, 11) is -3.78. The van der Waals surface area contributed by atoms with E-state index in [1.165, 1.54) is 6.07 Å². The Balaban J connectivity index is 3.04. The van der Waals surface area contributed by atoms with Gasteiger partial charge in [0.05, 0.1) is 9.72 Å². The highest BCUT2D eigenvalue weighted by Crippen LogP contribution is 2.19. The summed E-state index contributed by atoms with van der Waals surface area (Å²) in [6.07, 6.45) is 0.639. The largest absolute Gasteiger partial charge is 0.325 e. The zero-order valence-corrected chi connectivity index (χ0v) is 12.5. The van der Waals surface area contributed by atoms with E-state index in [0.717, 1.165) is 0 Å². The van der Waals surface area contributed by atoms with E-state index in [0.29, 0.717) is 17.7 Å². The molecule has 100 valence electrons. The Bertz CT molecular complexity index is 557. The van der Waals surface area contributed by atoms with Gasteiger partial charge in [0, 0.05) is 5.69 Å². The maximum Gasteiger partial charge on any atom is 0.238 e. The highest BCUT2D eigenvalue weighted by atomic mass is 79.9. The first-order valence-electron chi connectivity index (χ1n) is 5.34. The molecule has 1 atom stereocenters. The average Bonchev–Trinajstić information content (AvgIpc) is 2.29. The van der Waals surface area contributed by atoms with Crippen molar-refractivity contribution >= 4 is 37.5 Å². The highest BCUT2D eigenvalue weighted by Gasteiger charge is 2.15. The Hall–Kier alpha value is -0.920. The van der Waals surface area contributed by atoms with Crippen LogP contribution in [0, 0.1) is 6.92 Å².